The molecule has 6 atom stereocenters. The van der Waals surface area contributed by atoms with Gasteiger partial charge in [0.05, 0.1) is 17.8 Å². The van der Waals surface area contributed by atoms with Crippen molar-refractivity contribution < 1.29 is 46.8 Å². The van der Waals surface area contributed by atoms with E-state index in [2.05, 4.69) is 13.5 Å². The van der Waals surface area contributed by atoms with Crippen LogP contribution in [0.1, 0.15) is 98.3 Å². The van der Waals surface area contributed by atoms with Gasteiger partial charge in [0.2, 0.25) is 0 Å². The molecule has 3 aliphatic carbocycles. The lowest BCUT2D eigenvalue weighted by Crippen LogP contribution is -2.55. The van der Waals surface area contributed by atoms with Gasteiger partial charge in [-0.05, 0) is 112 Å². The molecule has 246 valence electrons. The lowest BCUT2D eigenvalue weighted by Gasteiger charge is -2.49. The van der Waals surface area contributed by atoms with Crippen LogP contribution in [0.5, 0.6) is 0 Å². The van der Waals surface area contributed by atoms with Gasteiger partial charge in [0.1, 0.15) is 0 Å². The quantitative estimate of drug-likeness (QED) is 0.156. The Labute approximate surface area is 251 Å². The van der Waals surface area contributed by atoms with E-state index in [-0.39, 0.29) is 36.2 Å². The molecule has 4 nitrogen and oxygen atoms in total. The van der Waals surface area contributed by atoms with E-state index in [0.717, 1.165) is 43.8 Å². The number of alkyl halides is 6. The van der Waals surface area contributed by atoms with Crippen molar-refractivity contribution in [2.45, 2.75) is 134 Å². The first kappa shape index (κ1) is 35.9. The Morgan fingerprint density at radius 1 is 0.953 bits per heavy atom. The molecule has 3 fully saturated rings. The number of hydrogen-bond acceptors (Lipinski definition) is 4. The van der Waals surface area contributed by atoms with Crippen LogP contribution in [0, 0.1) is 22.7 Å². The minimum absolute atomic E-state index is 0.0223. The van der Waals surface area contributed by atoms with Crippen LogP contribution in [0.3, 0.4) is 0 Å². The van der Waals surface area contributed by atoms with Crippen LogP contribution in [0.25, 0.3) is 0 Å². The highest BCUT2D eigenvalue weighted by molar-refractivity contribution is 5.38. The highest BCUT2D eigenvalue weighted by Gasteiger charge is 2.69. The Kier molecular flexibility index (Phi) is 10.5. The summed E-state index contributed by atoms with van der Waals surface area (Å²) in [6, 6.07) is 0. The van der Waals surface area contributed by atoms with Crippen LogP contribution in [0.2, 0.25) is 0 Å². The zero-order valence-corrected chi connectivity index (χ0v) is 25.7. The van der Waals surface area contributed by atoms with Crippen LogP contribution in [-0.4, -0.2) is 56.2 Å². The normalized spacial score (nSPS) is 32.9. The van der Waals surface area contributed by atoms with Gasteiger partial charge in [0.25, 0.3) is 5.60 Å². The van der Waals surface area contributed by atoms with E-state index in [1.54, 1.807) is 13.8 Å². The average molecular weight is 623 g/mol. The standard InChI is InChI=1S/C33H48F6O4/c1-21-23(19-24(40)20-26(21)41)11-10-22-9-6-17-30(5)25(22)12-13-27(30)29(4,15-7-14-28(2,3)42)16-8-18-31(43,32(34,35)36)33(37,38)39/h8,10-11,18,24-27,40-43H,1,6-7,9,12-17,19-20H2,2-5H3/b18-8+,22-10+,23-11-/t24-,25?,26?,27-,29+,30+/m1/s1. The van der Waals surface area contributed by atoms with Gasteiger partial charge in [0.15, 0.2) is 0 Å². The fourth-order valence-electron chi connectivity index (χ4n) is 8.04. The number of allylic oxidation sites excluding steroid dienone is 4. The summed E-state index contributed by atoms with van der Waals surface area (Å²) >= 11 is 0. The molecule has 0 aliphatic heterocycles. The number of rotatable bonds is 9. The minimum atomic E-state index is -5.92. The van der Waals surface area contributed by atoms with E-state index in [1.165, 1.54) is 5.57 Å². The molecule has 43 heavy (non-hydrogen) atoms. The summed E-state index contributed by atoms with van der Waals surface area (Å²) in [5.74, 6) is 0.139. The maximum atomic E-state index is 13.4. The molecule has 0 aromatic carbocycles. The Morgan fingerprint density at radius 2 is 1.58 bits per heavy atom. The van der Waals surface area contributed by atoms with E-state index >= 15 is 0 Å². The summed E-state index contributed by atoms with van der Waals surface area (Å²) in [7, 11) is 0. The van der Waals surface area contributed by atoms with Crippen LogP contribution in [-0.2, 0) is 0 Å². The van der Waals surface area contributed by atoms with Gasteiger partial charge >= 0.3 is 12.4 Å². The van der Waals surface area contributed by atoms with Crippen molar-refractivity contribution in [2.75, 3.05) is 0 Å². The molecule has 0 aromatic rings. The molecule has 0 radical (unpaired) electrons. The zero-order chi connectivity index (χ0) is 32.6. The molecule has 4 N–H and O–H groups in total. The second-order valence-electron chi connectivity index (χ2n) is 14.3. The third kappa shape index (κ3) is 7.79. The van der Waals surface area contributed by atoms with Gasteiger partial charge < -0.3 is 20.4 Å². The molecule has 0 saturated heterocycles. The first-order chi connectivity index (χ1) is 19.5. The number of halogens is 6. The highest BCUT2D eigenvalue weighted by atomic mass is 19.4. The van der Waals surface area contributed by atoms with Crippen molar-refractivity contribution in [1.82, 2.24) is 0 Å². The number of aliphatic hydroxyl groups excluding tert-OH is 2. The minimum Gasteiger partial charge on any atom is -0.393 e. The zero-order valence-electron chi connectivity index (χ0n) is 25.7. The topological polar surface area (TPSA) is 80.9 Å². The van der Waals surface area contributed by atoms with E-state index in [4.69, 9.17) is 0 Å². The fourth-order valence-corrected chi connectivity index (χ4v) is 8.04. The van der Waals surface area contributed by atoms with Crippen LogP contribution < -0.4 is 0 Å². The van der Waals surface area contributed by atoms with Crippen molar-refractivity contribution in [1.29, 1.82) is 0 Å². The van der Waals surface area contributed by atoms with E-state index in [9.17, 15) is 46.8 Å². The summed E-state index contributed by atoms with van der Waals surface area (Å²) < 4.78 is 80.2. The third-order valence-electron chi connectivity index (χ3n) is 10.4. The molecule has 0 aromatic heterocycles. The van der Waals surface area contributed by atoms with Crippen LogP contribution >= 0.6 is 0 Å². The van der Waals surface area contributed by atoms with Gasteiger partial charge in [0, 0.05) is 6.42 Å². The lowest BCUT2D eigenvalue weighted by atomic mass is 9.55. The Bertz CT molecular complexity index is 1080. The second kappa shape index (κ2) is 12.6. The van der Waals surface area contributed by atoms with Crippen molar-refractivity contribution in [3.63, 3.8) is 0 Å². The molecule has 3 saturated carbocycles. The van der Waals surface area contributed by atoms with Crippen molar-refractivity contribution in [3.05, 3.63) is 47.6 Å². The SMILES string of the molecule is C=C1/C(=C\C=C2/CCC[C@@]3(C)C2CC[C@@H]3[C@](C)(C/C=C/C(O)(C(F)(F)F)C(F)(F)F)CCCC(C)(C)O)C[C@@H](O)CC1O. The number of fused-ring (bicyclic) bond motifs is 1. The molecule has 0 bridgehead atoms. The summed E-state index contributed by atoms with van der Waals surface area (Å²) in [6.45, 7) is 11.4. The summed E-state index contributed by atoms with van der Waals surface area (Å²) in [6.07, 6.45) is -2.44. The van der Waals surface area contributed by atoms with Crippen LogP contribution in [0.4, 0.5) is 26.3 Å². The Morgan fingerprint density at radius 3 is 2.16 bits per heavy atom. The van der Waals surface area contributed by atoms with Gasteiger partial charge in [-0.1, -0.05) is 50.6 Å². The maximum absolute atomic E-state index is 13.4. The molecule has 10 heteroatoms. The molecular formula is C33H48F6O4. The van der Waals surface area contributed by atoms with Crippen molar-refractivity contribution in [3.8, 4) is 0 Å². The Hall–Kier alpha value is -1.62. The van der Waals surface area contributed by atoms with E-state index in [0.29, 0.717) is 31.3 Å². The second-order valence-corrected chi connectivity index (χ2v) is 14.3. The van der Waals surface area contributed by atoms with Gasteiger partial charge in [-0.25, -0.2) is 0 Å². The van der Waals surface area contributed by atoms with E-state index in [1.807, 2.05) is 19.1 Å². The molecule has 0 spiro atoms. The molecule has 0 amide bonds. The first-order valence-corrected chi connectivity index (χ1v) is 15.2. The lowest BCUT2D eigenvalue weighted by molar-refractivity contribution is -0.347. The van der Waals surface area contributed by atoms with Gasteiger partial charge in [-0.15, -0.1) is 0 Å². The van der Waals surface area contributed by atoms with Gasteiger partial charge in [-0.2, -0.15) is 26.3 Å². The highest BCUT2D eigenvalue weighted by Crippen LogP contribution is 2.64. The summed E-state index contributed by atoms with van der Waals surface area (Å²) in [4.78, 5) is 0. The smallest absolute Gasteiger partial charge is 0.393 e. The fraction of sp³-hybridized carbons (Fsp3) is 0.758. The molecular weight excluding hydrogens is 574 g/mol. The summed E-state index contributed by atoms with van der Waals surface area (Å²) in [5, 5.41) is 40.3. The first-order valence-electron chi connectivity index (χ1n) is 15.2. The maximum Gasteiger partial charge on any atom is 0.429 e. The van der Waals surface area contributed by atoms with Crippen molar-refractivity contribution in [2.24, 2.45) is 22.7 Å². The predicted molar refractivity (Wildman–Crippen MR) is 154 cm³/mol. The molecule has 3 aliphatic rings. The number of hydrogen-bond donors (Lipinski definition) is 4. The predicted octanol–water partition coefficient (Wildman–Crippen LogP) is 7.88. The monoisotopic (exact) mass is 622 g/mol. The average Bonchev–Trinajstić information content (AvgIpc) is 3.21. The molecule has 3 rings (SSSR count). The third-order valence-corrected chi connectivity index (χ3v) is 10.4. The largest absolute Gasteiger partial charge is 0.429 e. The molecule has 2 unspecified atom stereocenters. The van der Waals surface area contributed by atoms with E-state index < -0.39 is 41.2 Å². The van der Waals surface area contributed by atoms with Gasteiger partial charge in [-0.3, -0.25) is 0 Å². The van der Waals surface area contributed by atoms with Crippen molar-refractivity contribution >= 4 is 0 Å². The summed E-state index contributed by atoms with van der Waals surface area (Å²) in [5.41, 5.74) is -4.25. The molecule has 0 heterocycles. The number of aliphatic hydroxyl groups is 4. The Balaban J connectivity index is 1.93. The van der Waals surface area contributed by atoms with Crippen LogP contribution in [0.15, 0.2) is 47.6 Å².